The Morgan fingerprint density at radius 2 is 1.13 bits per heavy atom. The molecule has 4 heteroatoms. The number of oxazole rings is 1. The van der Waals surface area contributed by atoms with Gasteiger partial charge in [0.05, 0.1) is 0 Å². The zero-order chi connectivity index (χ0) is 29.7. The summed E-state index contributed by atoms with van der Waals surface area (Å²) in [5, 5.41) is 4.99. The topological polar surface area (TPSA) is 29.3 Å². The molecular formula is C41H26N2OS. The average Bonchev–Trinajstić information content (AvgIpc) is 3.71. The minimum absolute atomic E-state index is 0.652. The standard InChI is InChI=1S/C41H26N2OS/c1-3-9-27(10-4-1)28-15-20-32(21-16-28)43(31-11-5-2-6-12-31)33-22-17-29-18-24-35-34-23-19-30(25-39(34)45-40(35)36(29)26-33)41-42-37-13-7-8-14-38(37)44-41/h1-26H. The molecule has 9 aromatic rings. The maximum atomic E-state index is 6.09. The van der Waals surface area contributed by atoms with E-state index in [0.29, 0.717) is 5.89 Å². The molecule has 0 aliphatic rings. The van der Waals surface area contributed by atoms with Gasteiger partial charge in [-0.15, -0.1) is 11.3 Å². The Labute approximate surface area is 264 Å². The van der Waals surface area contributed by atoms with Crippen molar-refractivity contribution < 1.29 is 4.42 Å². The van der Waals surface area contributed by atoms with Gasteiger partial charge in [0, 0.05) is 48.2 Å². The van der Waals surface area contributed by atoms with E-state index >= 15 is 0 Å². The first-order chi connectivity index (χ1) is 22.3. The lowest BCUT2D eigenvalue weighted by atomic mass is 10.0. The number of benzene rings is 7. The third-order valence-corrected chi connectivity index (χ3v) is 9.69. The molecule has 0 saturated carbocycles. The molecule has 0 spiro atoms. The highest BCUT2D eigenvalue weighted by molar-refractivity contribution is 7.26. The zero-order valence-corrected chi connectivity index (χ0v) is 25.0. The summed E-state index contributed by atoms with van der Waals surface area (Å²) in [6.45, 7) is 0. The fourth-order valence-electron chi connectivity index (χ4n) is 6.27. The van der Waals surface area contributed by atoms with Gasteiger partial charge in [-0.1, -0.05) is 97.1 Å². The van der Waals surface area contributed by atoms with Crippen LogP contribution in [0.25, 0.3) is 64.6 Å². The highest BCUT2D eigenvalue weighted by atomic mass is 32.1. The quantitative estimate of drug-likeness (QED) is 0.198. The van der Waals surface area contributed by atoms with Gasteiger partial charge in [0.15, 0.2) is 5.58 Å². The first-order valence-corrected chi connectivity index (χ1v) is 15.9. The lowest BCUT2D eigenvalue weighted by Crippen LogP contribution is -2.09. The molecule has 2 aromatic heterocycles. The molecule has 0 N–H and O–H groups in total. The number of hydrogen-bond acceptors (Lipinski definition) is 4. The fourth-order valence-corrected chi connectivity index (χ4v) is 7.54. The number of para-hydroxylation sites is 3. The fraction of sp³-hybridized carbons (Fsp3) is 0. The second-order valence-electron chi connectivity index (χ2n) is 11.2. The normalized spacial score (nSPS) is 11.6. The predicted octanol–water partition coefficient (Wildman–Crippen LogP) is 12.2. The highest BCUT2D eigenvalue weighted by Crippen LogP contribution is 2.43. The third kappa shape index (κ3) is 4.46. The Bertz CT molecular complexity index is 2450. The summed E-state index contributed by atoms with van der Waals surface area (Å²) < 4.78 is 8.60. The van der Waals surface area contributed by atoms with Crippen LogP contribution in [0.15, 0.2) is 162 Å². The average molecular weight is 595 g/mol. The van der Waals surface area contributed by atoms with Crippen LogP contribution >= 0.6 is 11.3 Å². The molecule has 0 amide bonds. The van der Waals surface area contributed by atoms with Crippen molar-refractivity contribution in [3.8, 4) is 22.6 Å². The van der Waals surface area contributed by atoms with Gasteiger partial charge in [-0.3, -0.25) is 0 Å². The second-order valence-corrected chi connectivity index (χ2v) is 12.3. The molecule has 0 aliphatic heterocycles. The molecule has 212 valence electrons. The Morgan fingerprint density at radius 1 is 0.489 bits per heavy atom. The largest absolute Gasteiger partial charge is 0.436 e. The Balaban J connectivity index is 1.17. The van der Waals surface area contributed by atoms with Crippen LogP contribution in [0.3, 0.4) is 0 Å². The van der Waals surface area contributed by atoms with Crippen molar-refractivity contribution >= 4 is 70.4 Å². The van der Waals surface area contributed by atoms with Crippen LogP contribution in [0.1, 0.15) is 0 Å². The minimum atomic E-state index is 0.652. The Kier molecular flexibility index (Phi) is 6.00. The van der Waals surface area contributed by atoms with Crippen molar-refractivity contribution in [1.29, 1.82) is 0 Å². The Morgan fingerprint density at radius 3 is 1.96 bits per heavy atom. The lowest BCUT2D eigenvalue weighted by molar-refractivity contribution is 0.620. The molecule has 2 heterocycles. The van der Waals surface area contributed by atoms with Gasteiger partial charge < -0.3 is 9.32 Å². The number of aromatic nitrogens is 1. The van der Waals surface area contributed by atoms with Crippen LogP contribution in [0.4, 0.5) is 17.1 Å². The van der Waals surface area contributed by atoms with Crippen LogP contribution in [-0.4, -0.2) is 4.98 Å². The first kappa shape index (κ1) is 25.8. The second kappa shape index (κ2) is 10.5. The molecule has 0 bridgehead atoms. The van der Waals surface area contributed by atoms with Crippen LogP contribution in [0, 0.1) is 0 Å². The maximum absolute atomic E-state index is 6.09. The van der Waals surface area contributed by atoms with E-state index < -0.39 is 0 Å². The monoisotopic (exact) mass is 594 g/mol. The number of hydrogen-bond donors (Lipinski definition) is 0. The van der Waals surface area contributed by atoms with Crippen molar-refractivity contribution in [3.05, 3.63) is 158 Å². The number of anilines is 3. The van der Waals surface area contributed by atoms with Crippen LogP contribution < -0.4 is 4.90 Å². The molecule has 3 nitrogen and oxygen atoms in total. The molecule has 0 aliphatic carbocycles. The summed E-state index contributed by atoms with van der Waals surface area (Å²) in [4.78, 5) is 7.08. The van der Waals surface area contributed by atoms with E-state index in [1.807, 2.05) is 35.6 Å². The van der Waals surface area contributed by atoms with Crippen LogP contribution in [0.2, 0.25) is 0 Å². The zero-order valence-electron chi connectivity index (χ0n) is 24.2. The number of rotatable bonds is 5. The van der Waals surface area contributed by atoms with Gasteiger partial charge in [-0.2, -0.15) is 0 Å². The van der Waals surface area contributed by atoms with E-state index in [-0.39, 0.29) is 0 Å². The minimum Gasteiger partial charge on any atom is -0.436 e. The maximum Gasteiger partial charge on any atom is 0.227 e. The summed E-state index contributed by atoms with van der Waals surface area (Å²) in [6, 6.07) is 55.7. The van der Waals surface area contributed by atoms with E-state index in [9.17, 15) is 0 Å². The summed E-state index contributed by atoms with van der Waals surface area (Å²) in [5.74, 6) is 0.652. The molecule has 0 unspecified atom stereocenters. The van der Waals surface area contributed by atoms with Crippen molar-refractivity contribution in [1.82, 2.24) is 4.98 Å². The van der Waals surface area contributed by atoms with E-state index in [1.54, 1.807) is 0 Å². The van der Waals surface area contributed by atoms with E-state index in [0.717, 1.165) is 33.7 Å². The number of nitrogens with zero attached hydrogens (tertiary/aromatic N) is 2. The molecule has 9 rings (SSSR count). The van der Waals surface area contributed by atoms with Gasteiger partial charge in [0.2, 0.25) is 5.89 Å². The third-order valence-electron chi connectivity index (χ3n) is 8.49. The van der Waals surface area contributed by atoms with Crippen molar-refractivity contribution in [2.45, 2.75) is 0 Å². The summed E-state index contributed by atoms with van der Waals surface area (Å²) in [6.07, 6.45) is 0. The summed E-state index contributed by atoms with van der Waals surface area (Å²) in [7, 11) is 0. The number of fused-ring (bicyclic) bond motifs is 6. The van der Waals surface area contributed by atoms with Gasteiger partial charge in [-0.25, -0.2) is 4.98 Å². The molecule has 0 saturated heterocycles. The van der Waals surface area contributed by atoms with Crippen molar-refractivity contribution in [2.24, 2.45) is 0 Å². The van der Waals surface area contributed by atoms with Gasteiger partial charge in [0.25, 0.3) is 0 Å². The molecular weight excluding hydrogens is 569 g/mol. The summed E-state index contributed by atoms with van der Waals surface area (Å²) in [5.41, 5.74) is 8.45. The van der Waals surface area contributed by atoms with E-state index in [4.69, 9.17) is 9.40 Å². The smallest absolute Gasteiger partial charge is 0.227 e. The van der Waals surface area contributed by atoms with Gasteiger partial charge in [-0.05, 0) is 77.2 Å². The van der Waals surface area contributed by atoms with Crippen molar-refractivity contribution in [3.63, 3.8) is 0 Å². The van der Waals surface area contributed by atoms with Gasteiger partial charge in [0.1, 0.15) is 5.52 Å². The van der Waals surface area contributed by atoms with Gasteiger partial charge >= 0.3 is 0 Å². The Hall–Kier alpha value is -5.71. The molecule has 0 atom stereocenters. The highest BCUT2D eigenvalue weighted by Gasteiger charge is 2.16. The van der Waals surface area contributed by atoms with Crippen molar-refractivity contribution in [2.75, 3.05) is 4.90 Å². The SMILES string of the molecule is c1ccc(-c2ccc(N(c3ccccc3)c3ccc4ccc5c6ccc(-c7nc8ccccc8o7)cc6sc5c4c3)cc2)cc1. The summed E-state index contributed by atoms with van der Waals surface area (Å²) >= 11 is 1.83. The molecule has 0 radical (unpaired) electrons. The number of thiophene rings is 1. The van der Waals surface area contributed by atoms with Crippen LogP contribution in [-0.2, 0) is 0 Å². The molecule has 45 heavy (non-hydrogen) atoms. The molecule has 0 fully saturated rings. The lowest BCUT2D eigenvalue weighted by Gasteiger charge is -2.26. The first-order valence-electron chi connectivity index (χ1n) is 15.0. The van der Waals surface area contributed by atoms with E-state index in [1.165, 1.54) is 42.1 Å². The predicted molar refractivity (Wildman–Crippen MR) is 190 cm³/mol. The van der Waals surface area contributed by atoms with Crippen LogP contribution in [0.5, 0.6) is 0 Å². The van der Waals surface area contributed by atoms with E-state index in [2.05, 4.69) is 138 Å². The molecule has 7 aromatic carbocycles.